The highest BCUT2D eigenvalue weighted by Gasteiger charge is 2.25. The average Bonchev–Trinajstić information content (AvgIpc) is 3.07. The Morgan fingerprint density at radius 1 is 1.08 bits per heavy atom. The molecular formula is C18H15ClN4O2. The van der Waals surface area contributed by atoms with Gasteiger partial charge in [0.1, 0.15) is 11.4 Å². The van der Waals surface area contributed by atoms with Crippen molar-refractivity contribution in [3.8, 4) is 5.75 Å². The van der Waals surface area contributed by atoms with Gasteiger partial charge < -0.3 is 4.74 Å². The predicted molar refractivity (Wildman–Crippen MR) is 93.7 cm³/mol. The maximum absolute atomic E-state index is 12.2. The third-order valence-corrected chi connectivity index (χ3v) is 4.22. The Morgan fingerprint density at radius 2 is 1.88 bits per heavy atom. The van der Waals surface area contributed by atoms with Gasteiger partial charge in [-0.25, -0.2) is 4.68 Å². The summed E-state index contributed by atoms with van der Waals surface area (Å²) in [6.07, 6.45) is 1.85. The topological polar surface area (TPSA) is 60.2 Å². The van der Waals surface area contributed by atoms with E-state index in [9.17, 15) is 4.79 Å². The SMILES string of the molecule is O=C1COc2ccccc2N1Cc1cn(Cc2ccc(Cl)cc2)nn1. The molecule has 25 heavy (non-hydrogen) atoms. The molecule has 3 aromatic rings. The van der Waals surface area contributed by atoms with Crippen molar-refractivity contribution in [2.24, 2.45) is 0 Å². The number of nitrogens with zero attached hydrogens (tertiary/aromatic N) is 4. The van der Waals surface area contributed by atoms with Crippen molar-refractivity contribution in [2.45, 2.75) is 13.1 Å². The molecular weight excluding hydrogens is 340 g/mol. The maximum Gasteiger partial charge on any atom is 0.265 e. The lowest BCUT2D eigenvalue weighted by Gasteiger charge is -2.28. The van der Waals surface area contributed by atoms with Crippen LogP contribution in [0.5, 0.6) is 5.75 Å². The van der Waals surface area contributed by atoms with E-state index in [2.05, 4.69) is 10.3 Å². The van der Waals surface area contributed by atoms with Crippen molar-refractivity contribution in [1.82, 2.24) is 15.0 Å². The fourth-order valence-corrected chi connectivity index (χ4v) is 2.88. The highest BCUT2D eigenvalue weighted by atomic mass is 35.5. The summed E-state index contributed by atoms with van der Waals surface area (Å²) in [7, 11) is 0. The molecule has 0 fully saturated rings. The first kappa shape index (κ1) is 15.7. The number of rotatable bonds is 4. The molecule has 7 heteroatoms. The van der Waals surface area contributed by atoms with Crippen LogP contribution in [0.3, 0.4) is 0 Å². The molecule has 1 aliphatic heterocycles. The molecule has 0 unspecified atom stereocenters. The Hall–Kier alpha value is -2.86. The molecule has 1 aliphatic rings. The molecule has 1 aromatic heterocycles. The van der Waals surface area contributed by atoms with Crippen LogP contribution in [-0.2, 0) is 17.9 Å². The third kappa shape index (κ3) is 3.34. The lowest BCUT2D eigenvalue weighted by Crippen LogP contribution is -2.38. The minimum Gasteiger partial charge on any atom is -0.482 e. The number of carbonyl (C=O) groups excluding carboxylic acids is 1. The summed E-state index contributed by atoms with van der Waals surface area (Å²) >= 11 is 5.90. The van der Waals surface area contributed by atoms with Crippen LogP contribution in [-0.4, -0.2) is 27.5 Å². The number of para-hydroxylation sites is 2. The lowest BCUT2D eigenvalue weighted by molar-refractivity contribution is -0.121. The van der Waals surface area contributed by atoms with E-state index >= 15 is 0 Å². The number of hydrogen-bond donors (Lipinski definition) is 0. The predicted octanol–water partition coefficient (Wildman–Crippen LogP) is 2.91. The summed E-state index contributed by atoms with van der Waals surface area (Å²) in [6.45, 7) is 0.994. The van der Waals surface area contributed by atoms with E-state index < -0.39 is 0 Å². The van der Waals surface area contributed by atoms with E-state index in [-0.39, 0.29) is 12.5 Å². The summed E-state index contributed by atoms with van der Waals surface area (Å²) < 4.78 is 7.20. The van der Waals surface area contributed by atoms with Gasteiger partial charge in [0.05, 0.1) is 25.0 Å². The number of benzene rings is 2. The zero-order valence-corrected chi connectivity index (χ0v) is 14.1. The van der Waals surface area contributed by atoms with Gasteiger partial charge in [-0.2, -0.15) is 0 Å². The fraction of sp³-hybridized carbons (Fsp3) is 0.167. The van der Waals surface area contributed by atoms with Gasteiger partial charge in [0.25, 0.3) is 5.91 Å². The lowest BCUT2D eigenvalue weighted by atomic mass is 10.2. The zero-order chi connectivity index (χ0) is 17.2. The largest absolute Gasteiger partial charge is 0.482 e. The van der Waals surface area contributed by atoms with E-state index in [0.717, 1.165) is 16.9 Å². The number of ether oxygens (including phenoxy) is 1. The van der Waals surface area contributed by atoms with Crippen molar-refractivity contribution in [3.63, 3.8) is 0 Å². The van der Waals surface area contributed by atoms with Gasteiger partial charge in [0.2, 0.25) is 0 Å². The molecule has 6 nitrogen and oxygen atoms in total. The van der Waals surface area contributed by atoms with Crippen molar-refractivity contribution < 1.29 is 9.53 Å². The monoisotopic (exact) mass is 354 g/mol. The van der Waals surface area contributed by atoms with Crippen LogP contribution in [0.25, 0.3) is 0 Å². The van der Waals surface area contributed by atoms with E-state index in [1.54, 1.807) is 9.58 Å². The van der Waals surface area contributed by atoms with Crippen molar-refractivity contribution in [2.75, 3.05) is 11.5 Å². The zero-order valence-electron chi connectivity index (χ0n) is 13.3. The maximum atomic E-state index is 12.2. The normalized spacial score (nSPS) is 13.5. The second-order valence-corrected chi connectivity index (χ2v) is 6.21. The summed E-state index contributed by atoms with van der Waals surface area (Å²) in [6, 6.07) is 15.1. The number of anilines is 1. The molecule has 0 aliphatic carbocycles. The second kappa shape index (κ2) is 6.57. The number of halogens is 1. The highest BCUT2D eigenvalue weighted by molar-refractivity contribution is 6.30. The fourth-order valence-electron chi connectivity index (χ4n) is 2.75. The van der Waals surface area contributed by atoms with Gasteiger partial charge in [-0.1, -0.05) is 41.1 Å². The summed E-state index contributed by atoms with van der Waals surface area (Å²) in [4.78, 5) is 13.9. The molecule has 0 radical (unpaired) electrons. The number of carbonyl (C=O) groups is 1. The van der Waals surface area contributed by atoms with Gasteiger partial charge in [-0.15, -0.1) is 5.10 Å². The summed E-state index contributed by atoms with van der Waals surface area (Å²) in [5.41, 5.74) is 2.55. The first-order valence-corrected chi connectivity index (χ1v) is 8.22. The number of aromatic nitrogens is 3. The van der Waals surface area contributed by atoms with Crippen molar-refractivity contribution in [3.05, 3.63) is 71.0 Å². The van der Waals surface area contributed by atoms with Crippen molar-refractivity contribution in [1.29, 1.82) is 0 Å². The van der Waals surface area contributed by atoms with E-state index in [1.165, 1.54) is 0 Å². The van der Waals surface area contributed by atoms with Gasteiger partial charge in [0, 0.05) is 5.02 Å². The molecule has 0 spiro atoms. The highest BCUT2D eigenvalue weighted by Crippen LogP contribution is 2.32. The Labute approximate surface area is 149 Å². The standard InChI is InChI=1S/C18H15ClN4O2/c19-14-7-5-13(6-8-14)9-22-10-15(20-21-22)11-23-16-3-1-2-4-17(16)25-12-18(23)24/h1-8,10H,9,11-12H2. The molecule has 0 saturated carbocycles. The second-order valence-electron chi connectivity index (χ2n) is 5.77. The molecule has 2 heterocycles. The molecule has 1 amide bonds. The van der Waals surface area contributed by atoms with E-state index in [1.807, 2.05) is 54.7 Å². The van der Waals surface area contributed by atoms with E-state index in [4.69, 9.17) is 16.3 Å². The Morgan fingerprint density at radius 3 is 2.72 bits per heavy atom. The Balaban J connectivity index is 1.51. The van der Waals surface area contributed by atoms with Crippen LogP contribution in [0.1, 0.15) is 11.3 Å². The average molecular weight is 355 g/mol. The van der Waals surface area contributed by atoms with Crippen LogP contribution >= 0.6 is 11.6 Å². The molecule has 0 bridgehead atoms. The summed E-state index contributed by atoms with van der Waals surface area (Å²) in [5, 5.41) is 9.03. The molecule has 0 atom stereocenters. The van der Waals surface area contributed by atoms with Gasteiger partial charge in [-0.3, -0.25) is 9.69 Å². The van der Waals surface area contributed by atoms with E-state index in [0.29, 0.717) is 23.9 Å². The first-order chi connectivity index (χ1) is 12.2. The first-order valence-electron chi connectivity index (χ1n) is 7.85. The molecule has 0 saturated heterocycles. The molecule has 0 N–H and O–H groups in total. The molecule has 4 rings (SSSR count). The smallest absolute Gasteiger partial charge is 0.265 e. The Bertz CT molecular complexity index is 907. The van der Waals surface area contributed by atoms with Gasteiger partial charge >= 0.3 is 0 Å². The Kier molecular flexibility index (Phi) is 4.11. The van der Waals surface area contributed by atoms with Crippen molar-refractivity contribution >= 4 is 23.2 Å². The minimum atomic E-state index is -0.0917. The van der Waals surface area contributed by atoms with Gasteiger partial charge in [-0.05, 0) is 29.8 Å². The van der Waals surface area contributed by atoms with Gasteiger partial charge in [0.15, 0.2) is 6.61 Å². The quantitative estimate of drug-likeness (QED) is 0.722. The number of amides is 1. The van der Waals surface area contributed by atoms with Crippen LogP contribution in [0.15, 0.2) is 54.7 Å². The van der Waals surface area contributed by atoms with Crippen LogP contribution in [0.4, 0.5) is 5.69 Å². The van der Waals surface area contributed by atoms with Crippen LogP contribution in [0.2, 0.25) is 5.02 Å². The third-order valence-electron chi connectivity index (χ3n) is 3.97. The summed E-state index contributed by atoms with van der Waals surface area (Å²) in [5.74, 6) is 0.613. The molecule has 126 valence electrons. The number of hydrogen-bond acceptors (Lipinski definition) is 4. The number of fused-ring (bicyclic) bond motifs is 1. The minimum absolute atomic E-state index is 0.0376. The van der Waals surface area contributed by atoms with Crippen LogP contribution in [0, 0.1) is 0 Å². The van der Waals surface area contributed by atoms with Crippen LogP contribution < -0.4 is 9.64 Å². The molecule has 2 aromatic carbocycles.